The molecule has 7 heteroatoms. The van der Waals surface area contributed by atoms with Crippen LogP contribution >= 0.6 is 11.6 Å². The Balaban J connectivity index is 2.29. The molecule has 0 saturated carbocycles. The average Bonchev–Trinajstić information content (AvgIpc) is 2.53. The number of benzene rings is 2. The van der Waals surface area contributed by atoms with E-state index >= 15 is 0 Å². The number of hydrogen-bond acceptors (Lipinski definition) is 4. The van der Waals surface area contributed by atoms with Crippen molar-refractivity contribution in [3.63, 3.8) is 0 Å². The van der Waals surface area contributed by atoms with Crippen LogP contribution in [0.3, 0.4) is 0 Å². The molecule has 0 aliphatic rings. The molecule has 2 aromatic rings. The first-order valence-corrected chi connectivity index (χ1v) is 8.70. The predicted molar refractivity (Wildman–Crippen MR) is 89.8 cm³/mol. The summed E-state index contributed by atoms with van der Waals surface area (Å²) in [5.74, 6) is 0.426. The number of methoxy groups -OCH3 is 2. The topological polar surface area (TPSA) is 64.6 Å². The summed E-state index contributed by atoms with van der Waals surface area (Å²) in [5, 5.41) is 0.279. The molecule has 0 saturated heterocycles. The van der Waals surface area contributed by atoms with E-state index in [9.17, 15) is 8.42 Å². The van der Waals surface area contributed by atoms with E-state index in [1.54, 1.807) is 0 Å². The SMILES string of the molecule is COc1cc(S(=O)(=O)NCc2ccc(C)cc2)c(OC)cc1Cl. The number of aryl methyl sites for hydroxylation is 1. The molecule has 1 N–H and O–H groups in total. The van der Waals surface area contributed by atoms with E-state index in [1.165, 1.54) is 26.4 Å². The molecule has 2 rings (SSSR count). The second-order valence-electron chi connectivity index (χ2n) is 4.95. The van der Waals surface area contributed by atoms with Gasteiger partial charge in [0.05, 0.1) is 19.2 Å². The van der Waals surface area contributed by atoms with Gasteiger partial charge in [-0.05, 0) is 12.5 Å². The largest absolute Gasteiger partial charge is 0.495 e. The highest BCUT2D eigenvalue weighted by Crippen LogP contribution is 2.34. The van der Waals surface area contributed by atoms with Crippen molar-refractivity contribution < 1.29 is 17.9 Å². The molecule has 0 spiro atoms. The van der Waals surface area contributed by atoms with Gasteiger partial charge in [-0.15, -0.1) is 0 Å². The Morgan fingerprint density at radius 3 is 2.22 bits per heavy atom. The van der Waals surface area contributed by atoms with E-state index < -0.39 is 10.0 Å². The van der Waals surface area contributed by atoms with E-state index in [1.807, 2.05) is 31.2 Å². The lowest BCUT2D eigenvalue weighted by Crippen LogP contribution is -2.23. The molecule has 0 aliphatic heterocycles. The summed E-state index contributed by atoms with van der Waals surface area (Å²) in [7, 11) is -0.968. The molecule has 0 fully saturated rings. The third-order valence-corrected chi connectivity index (χ3v) is 5.03. The molecule has 0 amide bonds. The highest BCUT2D eigenvalue weighted by Gasteiger charge is 2.22. The molecule has 0 aromatic heterocycles. The standard InChI is InChI=1S/C16H18ClNO4S/c1-11-4-6-12(7-5-11)10-18-23(19,20)16-9-14(21-2)13(17)8-15(16)22-3/h4-9,18H,10H2,1-3H3. The van der Waals surface area contributed by atoms with Gasteiger partial charge in [0.2, 0.25) is 10.0 Å². The van der Waals surface area contributed by atoms with Gasteiger partial charge >= 0.3 is 0 Å². The van der Waals surface area contributed by atoms with Crippen LogP contribution in [-0.4, -0.2) is 22.6 Å². The fourth-order valence-electron chi connectivity index (χ4n) is 2.00. The minimum atomic E-state index is -3.77. The zero-order chi connectivity index (χ0) is 17.0. The van der Waals surface area contributed by atoms with Gasteiger partial charge in [0.1, 0.15) is 16.4 Å². The molecular weight excluding hydrogens is 338 g/mol. The fourth-order valence-corrected chi connectivity index (χ4v) is 3.42. The first-order chi connectivity index (χ1) is 10.9. The van der Waals surface area contributed by atoms with Crippen molar-refractivity contribution in [2.24, 2.45) is 0 Å². The summed E-state index contributed by atoms with van der Waals surface area (Å²) in [6, 6.07) is 10.4. The third-order valence-electron chi connectivity index (χ3n) is 3.31. The maximum atomic E-state index is 12.5. The second kappa shape index (κ2) is 7.21. The van der Waals surface area contributed by atoms with E-state index in [4.69, 9.17) is 21.1 Å². The Hall–Kier alpha value is -1.76. The molecule has 0 radical (unpaired) electrons. The first kappa shape index (κ1) is 17.6. The lowest BCUT2D eigenvalue weighted by atomic mass is 10.2. The molecule has 23 heavy (non-hydrogen) atoms. The van der Waals surface area contributed by atoms with E-state index in [-0.39, 0.29) is 28.0 Å². The summed E-state index contributed by atoms with van der Waals surface area (Å²) in [5.41, 5.74) is 1.97. The summed E-state index contributed by atoms with van der Waals surface area (Å²) >= 11 is 6.00. The molecule has 5 nitrogen and oxygen atoms in total. The normalized spacial score (nSPS) is 11.3. The molecule has 0 bridgehead atoms. The van der Waals surface area contributed by atoms with Gasteiger partial charge in [-0.2, -0.15) is 0 Å². The van der Waals surface area contributed by atoms with Crippen LogP contribution in [0.2, 0.25) is 5.02 Å². The molecule has 0 atom stereocenters. The molecule has 2 aromatic carbocycles. The fraction of sp³-hybridized carbons (Fsp3) is 0.250. The van der Waals surface area contributed by atoms with Crippen LogP contribution in [0.25, 0.3) is 0 Å². The minimum absolute atomic E-state index is 0.0200. The van der Waals surface area contributed by atoms with Crippen LogP contribution in [0.1, 0.15) is 11.1 Å². The number of ether oxygens (including phenoxy) is 2. The van der Waals surface area contributed by atoms with Crippen LogP contribution in [0.15, 0.2) is 41.3 Å². The quantitative estimate of drug-likeness (QED) is 0.864. The van der Waals surface area contributed by atoms with Crippen molar-refractivity contribution in [3.05, 3.63) is 52.5 Å². The Morgan fingerprint density at radius 2 is 1.65 bits per heavy atom. The number of rotatable bonds is 6. The van der Waals surface area contributed by atoms with Crippen molar-refractivity contribution in [1.82, 2.24) is 4.72 Å². The summed E-state index contributed by atoms with van der Waals surface area (Å²) in [4.78, 5) is -0.0200. The van der Waals surface area contributed by atoms with Gasteiger partial charge in [-0.25, -0.2) is 13.1 Å². The van der Waals surface area contributed by atoms with Gasteiger partial charge in [-0.1, -0.05) is 41.4 Å². The second-order valence-corrected chi connectivity index (χ2v) is 7.09. The highest BCUT2D eigenvalue weighted by molar-refractivity contribution is 7.89. The Labute approximate surface area is 141 Å². The van der Waals surface area contributed by atoms with E-state index in [0.717, 1.165) is 11.1 Å². The molecule has 0 aliphatic carbocycles. The van der Waals surface area contributed by atoms with Gasteiger partial charge in [0, 0.05) is 18.7 Å². The molecule has 0 unspecified atom stereocenters. The zero-order valence-corrected chi connectivity index (χ0v) is 14.7. The smallest absolute Gasteiger partial charge is 0.244 e. The Bertz CT molecular complexity index is 788. The molecular formula is C16H18ClNO4S. The summed E-state index contributed by atoms with van der Waals surface area (Å²) in [6.45, 7) is 2.15. The Kier molecular flexibility index (Phi) is 5.51. The molecule has 124 valence electrons. The van der Waals surface area contributed by atoms with Crippen molar-refractivity contribution in [1.29, 1.82) is 0 Å². The molecule has 0 heterocycles. The zero-order valence-electron chi connectivity index (χ0n) is 13.1. The van der Waals surface area contributed by atoms with Crippen LogP contribution < -0.4 is 14.2 Å². The van der Waals surface area contributed by atoms with Crippen molar-refractivity contribution in [2.45, 2.75) is 18.4 Å². The number of hydrogen-bond donors (Lipinski definition) is 1. The Morgan fingerprint density at radius 1 is 1.04 bits per heavy atom. The van der Waals surface area contributed by atoms with E-state index in [0.29, 0.717) is 0 Å². The van der Waals surface area contributed by atoms with Crippen molar-refractivity contribution in [2.75, 3.05) is 14.2 Å². The van der Waals surface area contributed by atoms with Crippen LogP contribution in [-0.2, 0) is 16.6 Å². The van der Waals surface area contributed by atoms with Crippen molar-refractivity contribution in [3.8, 4) is 11.5 Å². The third kappa shape index (κ3) is 4.16. The van der Waals surface area contributed by atoms with E-state index in [2.05, 4.69) is 4.72 Å². The van der Waals surface area contributed by atoms with Gasteiger partial charge in [0.25, 0.3) is 0 Å². The summed E-state index contributed by atoms with van der Waals surface area (Å²) < 4.78 is 37.8. The number of sulfonamides is 1. The lowest BCUT2D eigenvalue weighted by molar-refractivity contribution is 0.392. The highest BCUT2D eigenvalue weighted by atomic mass is 35.5. The number of halogens is 1. The van der Waals surface area contributed by atoms with Crippen LogP contribution in [0.4, 0.5) is 0 Å². The monoisotopic (exact) mass is 355 g/mol. The number of nitrogens with one attached hydrogen (secondary N) is 1. The van der Waals surface area contributed by atoms with Gasteiger partial charge in [0.15, 0.2) is 0 Å². The predicted octanol–water partition coefficient (Wildman–Crippen LogP) is 3.14. The maximum absolute atomic E-state index is 12.5. The average molecular weight is 356 g/mol. The van der Waals surface area contributed by atoms with Gasteiger partial charge < -0.3 is 9.47 Å². The van der Waals surface area contributed by atoms with Crippen LogP contribution in [0, 0.1) is 6.92 Å². The maximum Gasteiger partial charge on any atom is 0.244 e. The van der Waals surface area contributed by atoms with Crippen molar-refractivity contribution >= 4 is 21.6 Å². The lowest BCUT2D eigenvalue weighted by Gasteiger charge is -2.13. The minimum Gasteiger partial charge on any atom is -0.495 e. The summed E-state index contributed by atoms with van der Waals surface area (Å²) in [6.07, 6.45) is 0. The van der Waals surface area contributed by atoms with Gasteiger partial charge in [-0.3, -0.25) is 0 Å². The first-order valence-electron chi connectivity index (χ1n) is 6.84. The van der Waals surface area contributed by atoms with Crippen LogP contribution in [0.5, 0.6) is 11.5 Å².